The van der Waals surface area contributed by atoms with E-state index in [9.17, 15) is 8.78 Å². The van der Waals surface area contributed by atoms with Gasteiger partial charge in [0, 0.05) is 45.9 Å². The van der Waals surface area contributed by atoms with E-state index in [0.717, 1.165) is 60.7 Å². The molecule has 1 spiro atoms. The molecule has 4 nitrogen and oxygen atoms in total. The molecule has 1 atom stereocenters. The van der Waals surface area contributed by atoms with Crippen LogP contribution in [0, 0.1) is 11.6 Å². The van der Waals surface area contributed by atoms with Crippen molar-refractivity contribution in [1.82, 2.24) is 0 Å². The van der Waals surface area contributed by atoms with Crippen molar-refractivity contribution in [2.24, 2.45) is 4.99 Å². The molecule has 0 fully saturated rings. The number of likely N-dealkylation sites (N-methyl/N-ethyl adjacent to an activating group) is 1. The van der Waals surface area contributed by atoms with Crippen LogP contribution in [-0.4, -0.2) is 19.0 Å². The minimum absolute atomic E-state index is 0.351. The summed E-state index contributed by atoms with van der Waals surface area (Å²) in [4.78, 5) is 7.39. The number of halogens is 2. The molecule has 0 aromatic heterocycles. The average Bonchev–Trinajstić information content (AvgIpc) is 3.37. The lowest BCUT2D eigenvalue weighted by Crippen LogP contribution is -2.61. The van der Waals surface area contributed by atoms with Crippen molar-refractivity contribution in [2.45, 2.75) is 30.6 Å². The predicted octanol–water partition coefficient (Wildman–Crippen LogP) is 12.0. The van der Waals surface area contributed by atoms with Crippen LogP contribution in [0.1, 0.15) is 47.2 Å². The Bertz CT molecular complexity index is 2740. The molecule has 0 bridgehead atoms. The number of para-hydroxylation sites is 1. The third-order valence-electron chi connectivity index (χ3n) is 11.8. The van der Waals surface area contributed by atoms with Crippen LogP contribution in [0.3, 0.4) is 0 Å². The van der Waals surface area contributed by atoms with Gasteiger partial charge in [0.15, 0.2) is 11.4 Å². The Morgan fingerprint density at radius 1 is 0.636 bits per heavy atom. The zero-order valence-corrected chi connectivity index (χ0v) is 30.6. The predicted molar refractivity (Wildman–Crippen MR) is 219 cm³/mol. The van der Waals surface area contributed by atoms with Gasteiger partial charge in [-0.05, 0) is 90.2 Å². The fraction of sp³-hybridized carbons (Fsp3) is 0.122. The van der Waals surface area contributed by atoms with Crippen molar-refractivity contribution in [3.05, 3.63) is 185 Å². The van der Waals surface area contributed by atoms with E-state index < -0.39 is 16.7 Å². The summed E-state index contributed by atoms with van der Waals surface area (Å²) in [6, 6.07) is 41.8. The number of hydrogen-bond donors (Lipinski definition) is 0. The Hall–Kier alpha value is -6.53. The number of benzene rings is 7. The second-order valence-corrected chi connectivity index (χ2v) is 15.1. The molecule has 0 amide bonds. The maximum atomic E-state index is 14.3. The second kappa shape index (κ2) is 12.0. The van der Waals surface area contributed by atoms with E-state index in [1.165, 1.54) is 29.8 Å². The third kappa shape index (κ3) is 4.84. The molecule has 268 valence electrons. The second-order valence-electron chi connectivity index (χ2n) is 15.1. The van der Waals surface area contributed by atoms with Gasteiger partial charge in [0.1, 0.15) is 23.1 Å². The van der Waals surface area contributed by atoms with Crippen molar-refractivity contribution >= 4 is 57.4 Å². The highest BCUT2D eigenvalue weighted by Crippen LogP contribution is 2.55. The van der Waals surface area contributed by atoms with Crippen LogP contribution in [0.25, 0.3) is 39.8 Å². The third-order valence-corrected chi connectivity index (χ3v) is 11.8. The number of rotatable bonds is 4. The number of hydrogen-bond acceptors (Lipinski definition) is 4. The molecular weight excluding hydrogens is 687 g/mol. The topological polar surface area (TPSA) is 34.1 Å². The van der Waals surface area contributed by atoms with E-state index >= 15 is 0 Å². The maximum Gasteiger partial charge on any atom is 0.228 e. The summed E-state index contributed by atoms with van der Waals surface area (Å²) in [7, 11) is 2.07. The summed E-state index contributed by atoms with van der Waals surface area (Å²) < 4.78 is 43.0. The number of fused-ring (bicyclic) bond motifs is 7. The van der Waals surface area contributed by atoms with Crippen LogP contribution in [0.5, 0.6) is 11.5 Å². The zero-order chi connectivity index (χ0) is 37.5. The molecule has 3 heterocycles. The first-order valence-electron chi connectivity index (χ1n) is 18.5. The van der Waals surface area contributed by atoms with E-state index in [0.29, 0.717) is 11.5 Å². The lowest BCUT2D eigenvalue weighted by atomic mass is 9.77. The van der Waals surface area contributed by atoms with Crippen LogP contribution >= 0.6 is 0 Å². The summed E-state index contributed by atoms with van der Waals surface area (Å²) in [5.41, 5.74) is 4.73. The van der Waals surface area contributed by atoms with Gasteiger partial charge >= 0.3 is 0 Å². The summed E-state index contributed by atoms with van der Waals surface area (Å²) in [5.74, 6) is 0.655. The molecule has 10 rings (SSSR count). The Morgan fingerprint density at radius 3 is 1.85 bits per heavy atom. The average molecular weight is 723 g/mol. The number of aliphatic imine (C=N–C) groups is 1. The van der Waals surface area contributed by atoms with Gasteiger partial charge in [-0.25, -0.2) is 8.78 Å². The summed E-state index contributed by atoms with van der Waals surface area (Å²) in [5, 5.41) is 4.15. The monoisotopic (exact) mass is 722 g/mol. The largest absolute Gasteiger partial charge is 0.472 e. The molecule has 0 saturated heterocycles. The molecule has 3 aliphatic rings. The number of nitrogens with zero attached hydrogens (tertiary/aromatic N) is 2. The first-order chi connectivity index (χ1) is 26.7. The van der Waals surface area contributed by atoms with Crippen molar-refractivity contribution < 1.29 is 18.3 Å². The summed E-state index contributed by atoms with van der Waals surface area (Å²) in [6.07, 6.45) is 10.2. The zero-order valence-electron chi connectivity index (χ0n) is 30.6. The van der Waals surface area contributed by atoms with Crippen LogP contribution in [0.15, 0.2) is 145 Å². The van der Waals surface area contributed by atoms with Gasteiger partial charge in [-0.15, -0.1) is 0 Å². The molecular formula is C49H36F2N2O2. The van der Waals surface area contributed by atoms with E-state index in [4.69, 9.17) is 14.5 Å². The molecule has 0 radical (unpaired) electrons. The Morgan fingerprint density at radius 2 is 1.20 bits per heavy atom. The minimum Gasteiger partial charge on any atom is -0.472 e. The normalized spacial score (nSPS) is 18.7. The molecule has 6 heteroatoms. The first kappa shape index (κ1) is 33.1. The maximum absolute atomic E-state index is 14.3. The molecule has 0 N–H and O–H groups in total. The van der Waals surface area contributed by atoms with Gasteiger partial charge < -0.3 is 14.4 Å². The fourth-order valence-electron chi connectivity index (χ4n) is 8.78. The van der Waals surface area contributed by atoms with E-state index in [-0.39, 0.29) is 11.6 Å². The highest BCUT2D eigenvalue weighted by Gasteiger charge is 2.58. The molecule has 1 unspecified atom stereocenters. The van der Waals surface area contributed by atoms with Crippen LogP contribution in [-0.2, 0) is 11.0 Å². The van der Waals surface area contributed by atoms with E-state index in [1.54, 1.807) is 24.3 Å². The lowest BCUT2D eigenvalue weighted by molar-refractivity contribution is 0.0824. The standard InChI is InChI=1S/C49H36F2N2O2/c1-47(2)42-14-8-9-15-43(42)53(3)49(47)30-52-44-40-13-7-5-11-32(40)29-34(46(44)55-49)17-16-33-28-31-10-4-6-12-39(31)41-26-27-48(54-45(33)41,35-18-22-37(50)23-19-35)36-20-24-38(51)25-21-36/h4-30H,1-3H3/b17-16+. The highest BCUT2D eigenvalue weighted by atomic mass is 19.1. The molecule has 0 aliphatic carbocycles. The van der Waals surface area contributed by atoms with Gasteiger partial charge in [-0.2, -0.15) is 0 Å². The van der Waals surface area contributed by atoms with E-state index in [1.807, 2.05) is 36.6 Å². The molecule has 3 aliphatic heterocycles. The fourth-order valence-corrected chi connectivity index (χ4v) is 8.78. The number of anilines is 1. The SMILES string of the molecule is CN1c2ccccc2C(C)(C)C12C=Nc1c(c(/C=C/c3cc4ccccc4c4c3OC(c3ccc(F)cc3)(c3ccc(F)cc3)C=C4)cc3ccccc13)O2. The van der Waals surface area contributed by atoms with E-state index in [2.05, 4.69) is 105 Å². The highest BCUT2D eigenvalue weighted by molar-refractivity contribution is 6.04. The van der Waals surface area contributed by atoms with Crippen molar-refractivity contribution in [1.29, 1.82) is 0 Å². The molecule has 0 saturated carbocycles. The van der Waals surface area contributed by atoms with Gasteiger partial charge in [-0.3, -0.25) is 4.99 Å². The Balaban J connectivity index is 1.15. The Kier molecular flexibility index (Phi) is 7.21. The van der Waals surface area contributed by atoms with Gasteiger partial charge in [0.25, 0.3) is 0 Å². The number of ether oxygens (including phenoxy) is 2. The van der Waals surface area contributed by atoms with Crippen molar-refractivity contribution in [3.8, 4) is 11.5 Å². The van der Waals surface area contributed by atoms with Crippen LogP contribution in [0.2, 0.25) is 0 Å². The lowest BCUT2D eigenvalue weighted by Gasteiger charge is -2.45. The summed E-state index contributed by atoms with van der Waals surface area (Å²) in [6.45, 7) is 4.42. The van der Waals surface area contributed by atoms with Crippen LogP contribution < -0.4 is 14.4 Å². The van der Waals surface area contributed by atoms with Gasteiger partial charge in [0.2, 0.25) is 5.72 Å². The van der Waals surface area contributed by atoms with Crippen LogP contribution in [0.4, 0.5) is 20.2 Å². The Labute approximate surface area is 318 Å². The minimum atomic E-state index is -1.15. The molecule has 7 aromatic rings. The molecule has 7 aromatic carbocycles. The smallest absolute Gasteiger partial charge is 0.228 e. The van der Waals surface area contributed by atoms with Gasteiger partial charge in [-0.1, -0.05) is 103 Å². The molecule has 55 heavy (non-hydrogen) atoms. The summed E-state index contributed by atoms with van der Waals surface area (Å²) >= 11 is 0. The first-order valence-corrected chi connectivity index (χ1v) is 18.5. The van der Waals surface area contributed by atoms with Crippen molar-refractivity contribution in [2.75, 3.05) is 11.9 Å². The van der Waals surface area contributed by atoms with Crippen molar-refractivity contribution in [3.63, 3.8) is 0 Å². The van der Waals surface area contributed by atoms with Gasteiger partial charge in [0.05, 0.1) is 11.6 Å². The quantitative estimate of drug-likeness (QED) is 0.170.